The predicted octanol–water partition coefficient (Wildman–Crippen LogP) is 0.502. The highest BCUT2D eigenvalue weighted by Crippen LogP contribution is 2.34. The second-order valence-electron chi connectivity index (χ2n) is 7.83. The topological polar surface area (TPSA) is 140 Å². The number of aliphatic hydroxyl groups is 4. The van der Waals surface area contributed by atoms with Gasteiger partial charge in [0.15, 0.2) is 0 Å². The fourth-order valence-electron chi connectivity index (χ4n) is 3.95. The molecule has 2 aliphatic heterocycles. The molecule has 170 valence electrons. The van der Waals surface area contributed by atoms with Crippen molar-refractivity contribution in [2.45, 2.75) is 36.9 Å². The lowest BCUT2D eigenvalue weighted by Gasteiger charge is -2.40. The Morgan fingerprint density at radius 1 is 1.03 bits per heavy atom. The van der Waals surface area contributed by atoms with Gasteiger partial charge in [-0.3, -0.25) is 4.79 Å². The smallest absolute Gasteiger partial charge is 0.329 e. The van der Waals surface area contributed by atoms with Crippen LogP contribution < -0.4 is 10.2 Å². The van der Waals surface area contributed by atoms with E-state index in [1.165, 1.54) is 0 Å². The Morgan fingerprint density at radius 2 is 1.75 bits per heavy atom. The van der Waals surface area contributed by atoms with E-state index in [-0.39, 0.29) is 12.5 Å². The van der Waals surface area contributed by atoms with Crippen molar-refractivity contribution in [3.8, 4) is 0 Å². The second kappa shape index (κ2) is 9.14. The van der Waals surface area contributed by atoms with Crippen LogP contribution in [0, 0.1) is 0 Å². The molecule has 0 radical (unpaired) electrons. The summed E-state index contributed by atoms with van der Waals surface area (Å²) >= 11 is 6.36. The largest absolute Gasteiger partial charge is 0.394 e. The lowest BCUT2D eigenvalue weighted by Crippen LogP contribution is -2.55. The summed E-state index contributed by atoms with van der Waals surface area (Å²) in [7, 11) is 0. The number of aliphatic hydroxyl groups excluding tert-OH is 4. The van der Waals surface area contributed by atoms with E-state index in [1.807, 2.05) is 0 Å². The van der Waals surface area contributed by atoms with Crippen LogP contribution in [0.25, 0.3) is 0 Å². The van der Waals surface area contributed by atoms with Gasteiger partial charge in [0.25, 0.3) is 5.91 Å². The van der Waals surface area contributed by atoms with Crippen molar-refractivity contribution in [2.24, 2.45) is 0 Å². The van der Waals surface area contributed by atoms with Gasteiger partial charge in [0, 0.05) is 5.02 Å². The molecule has 0 aliphatic carbocycles. The third-order valence-corrected chi connectivity index (χ3v) is 6.09. The Balaban J connectivity index is 1.54. The van der Waals surface area contributed by atoms with Crippen LogP contribution in [-0.2, 0) is 16.0 Å². The standard InChI is InChI=1S/C22H23ClN2O7/c23-15-6-3-12(21-20(30)19(29)18(28)16(10-26)32-21)8-13(15)7-11-1-4-14(5-2-11)25-17(27)9-24-22(25)31/h1-6,8,16,18-21,26,28-30H,7,9-10H2,(H,24,31)/t16-,18-,19+,20-,21+/m1/s1. The molecule has 4 rings (SSSR count). The van der Waals surface area contributed by atoms with Gasteiger partial charge >= 0.3 is 6.03 Å². The number of benzene rings is 2. The molecule has 2 saturated heterocycles. The van der Waals surface area contributed by atoms with Crippen LogP contribution in [-0.4, -0.2) is 69.9 Å². The first kappa shape index (κ1) is 22.7. The average molecular weight is 463 g/mol. The molecule has 9 nitrogen and oxygen atoms in total. The first-order valence-corrected chi connectivity index (χ1v) is 10.5. The third kappa shape index (κ3) is 4.23. The number of carbonyl (C=O) groups excluding carboxylic acids is 2. The molecule has 10 heteroatoms. The number of anilines is 1. The van der Waals surface area contributed by atoms with Gasteiger partial charge in [0.05, 0.1) is 18.8 Å². The zero-order valence-electron chi connectivity index (χ0n) is 16.9. The lowest BCUT2D eigenvalue weighted by molar-refractivity contribution is -0.231. The molecule has 5 atom stereocenters. The van der Waals surface area contributed by atoms with Crippen LogP contribution in [0.3, 0.4) is 0 Å². The van der Waals surface area contributed by atoms with E-state index >= 15 is 0 Å². The number of carbonyl (C=O) groups is 2. The molecule has 2 aromatic carbocycles. The van der Waals surface area contributed by atoms with Gasteiger partial charge in [0.1, 0.15) is 30.5 Å². The summed E-state index contributed by atoms with van der Waals surface area (Å²) in [4.78, 5) is 24.7. The Bertz CT molecular complexity index is 998. The summed E-state index contributed by atoms with van der Waals surface area (Å²) < 4.78 is 5.63. The maximum Gasteiger partial charge on any atom is 0.329 e. The van der Waals surface area contributed by atoms with Crippen LogP contribution in [0.2, 0.25) is 5.02 Å². The monoisotopic (exact) mass is 462 g/mol. The number of hydrogen-bond acceptors (Lipinski definition) is 7. The molecular weight excluding hydrogens is 440 g/mol. The summed E-state index contributed by atoms with van der Waals surface area (Å²) in [6.45, 7) is -0.535. The summed E-state index contributed by atoms with van der Waals surface area (Å²) in [5, 5.41) is 42.8. The van der Waals surface area contributed by atoms with Crippen molar-refractivity contribution in [1.29, 1.82) is 0 Å². The molecule has 2 aromatic rings. The molecule has 2 aliphatic rings. The van der Waals surface area contributed by atoms with E-state index in [9.17, 15) is 30.0 Å². The van der Waals surface area contributed by atoms with Crippen molar-refractivity contribution >= 4 is 29.2 Å². The first-order valence-electron chi connectivity index (χ1n) is 10.1. The Morgan fingerprint density at radius 3 is 2.38 bits per heavy atom. The van der Waals surface area contributed by atoms with Gasteiger partial charge in [-0.2, -0.15) is 0 Å². The third-order valence-electron chi connectivity index (χ3n) is 5.72. The van der Waals surface area contributed by atoms with Crippen molar-refractivity contribution < 1.29 is 34.8 Å². The van der Waals surface area contributed by atoms with E-state index in [0.29, 0.717) is 22.7 Å². The van der Waals surface area contributed by atoms with Crippen LogP contribution in [0.1, 0.15) is 22.8 Å². The molecule has 0 aromatic heterocycles. The lowest BCUT2D eigenvalue weighted by atomic mass is 9.90. The predicted molar refractivity (Wildman–Crippen MR) is 114 cm³/mol. The van der Waals surface area contributed by atoms with Crippen molar-refractivity contribution in [3.05, 3.63) is 64.2 Å². The molecule has 0 saturated carbocycles. The number of nitrogens with zero attached hydrogens (tertiary/aromatic N) is 1. The fourth-order valence-corrected chi connectivity index (χ4v) is 4.14. The molecule has 2 fully saturated rings. The SMILES string of the molecule is O=C1CNC(=O)N1c1ccc(Cc2cc([C@@H]3O[C@H](CO)[C@@H](O)[C@H](O)[C@H]3O)ccc2Cl)cc1. The number of urea groups is 1. The summed E-state index contributed by atoms with van der Waals surface area (Å²) in [6.07, 6.45) is -5.82. The number of amides is 3. The zero-order chi connectivity index (χ0) is 23.0. The van der Waals surface area contributed by atoms with E-state index in [2.05, 4.69) is 5.32 Å². The molecule has 3 amide bonds. The zero-order valence-corrected chi connectivity index (χ0v) is 17.6. The number of ether oxygens (including phenoxy) is 1. The number of imide groups is 1. The summed E-state index contributed by atoms with van der Waals surface area (Å²) in [6, 6.07) is 11.5. The van der Waals surface area contributed by atoms with Gasteiger partial charge in [-0.15, -0.1) is 0 Å². The maximum absolute atomic E-state index is 11.9. The summed E-state index contributed by atoms with van der Waals surface area (Å²) in [5.74, 6) is -0.321. The van der Waals surface area contributed by atoms with Crippen LogP contribution in [0.15, 0.2) is 42.5 Å². The van der Waals surface area contributed by atoms with Gasteiger partial charge in [0.2, 0.25) is 0 Å². The minimum Gasteiger partial charge on any atom is -0.394 e. The van der Waals surface area contributed by atoms with E-state index in [0.717, 1.165) is 16.0 Å². The van der Waals surface area contributed by atoms with Crippen LogP contribution in [0.5, 0.6) is 0 Å². The number of nitrogens with one attached hydrogen (secondary N) is 1. The van der Waals surface area contributed by atoms with Crippen LogP contribution >= 0.6 is 11.6 Å². The fraction of sp³-hybridized carbons (Fsp3) is 0.364. The van der Waals surface area contributed by atoms with Crippen molar-refractivity contribution in [1.82, 2.24) is 5.32 Å². The van der Waals surface area contributed by atoms with E-state index in [4.69, 9.17) is 16.3 Å². The Kier molecular flexibility index (Phi) is 6.47. The Hall–Kier alpha value is -2.53. The molecule has 0 unspecified atom stereocenters. The van der Waals surface area contributed by atoms with Crippen molar-refractivity contribution in [2.75, 3.05) is 18.1 Å². The van der Waals surface area contributed by atoms with Gasteiger partial charge in [-0.25, -0.2) is 9.69 Å². The van der Waals surface area contributed by atoms with E-state index < -0.39 is 43.2 Å². The molecule has 5 N–H and O–H groups in total. The number of hydrogen-bond donors (Lipinski definition) is 5. The molecule has 32 heavy (non-hydrogen) atoms. The molecule has 2 heterocycles. The van der Waals surface area contributed by atoms with Crippen molar-refractivity contribution in [3.63, 3.8) is 0 Å². The normalized spacial score (nSPS) is 28.2. The highest BCUT2D eigenvalue weighted by atomic mass is 35.5. The number of rotatable bonds is 5. The average Bonchev–Trinajstić information content (AvgIpc) is 3.12. The second-order valence-corrected chi connectivity index (χ2v) is 8.24. The van der Waals surface area contributed by atoms with Gasteiger partial charge in [-0.1, -0.05) is 35.9 Å². The van der Waals surface area contributed by atoms with E-state index in [1.54, 1.807) is 42.5 Å². The Labute approximate surface area is 188 Å². The maximum atomic E-state index is 11.9. The quantitative estimate of drug-likeness (QED) is 0.408. The summed E-state index contributed by atoms with van der Waals surface area (Å²) in [5.41, 5.74) is 2.60. The molecular formula is C22H23ClN2O7. The van der Waals surface area contributed by atoms with Gasteiger partial charge in [-0.05, 0) is 41.3 Å². The van der Waals surface area contributed by atoms with Crippen LogP contribution in [0.4, 0.5) is 10.5 Å². The minimum absolute atomic E-state index is 0.0268. The highest BCUT2D eigenvalue weighted by Gasteiger charge is 2.44. The molecule has 0 spiro atoms. The number of halogens is 1. The molecule has 0 bridgehead atoms. The highest BCUT2D eigenvalue weighted by molar-refractivity contribution is 6.31. The minimum atomic E-state index is -1.47. The van der Waals surface area contributed by atoms with Gasteiger partial charge < -0.3 is 30.5 Å². The first-order chi connectivity index (χ1) is 15.3.